The molecule has 1 saturated heterocycles. The second-order valence-electron chi connectivity index (χ2n) is 5.90. The van der Waals surface area contributed by atoms with Crippen LogP contribution in [0.5, 0.6) is 0 Å². The fourth-order valence-electron chi connectivity index (χ4n) is 2.75. The molecule has 2 aromatic heterocycles. The molecule has 1 aromatic carbocycles. The standard InChI is InChI=1S/C18H16N6O3/c25-17-20-8-9-24(17)18(26)21-14-6-2-1-4-12(14)10-15-22-16(23-27-15)13-5-3-7-19-11-13/h1-7,11H,8-10H2,(H,20,25)(H,21,26). The van der Waals surface area contributed by atoms with Crippen LogP contribution < -0.4 is 10.6 Å². The van der Waals surface area contributed by atoms with Gasteiger partial charge in [-0.25, -0.2) is 14.5 Å². The molecule has 4 amide bonds. The molecule has 0 spiro atoms. The molecule has 3 aromatic rings. The topological polar surface area (TPSA) is 113 Å². The summed E-state index contributed by atoms with van der Waals surface area (Å²) >= 11 is 0. The van der Waals surface area contributed by atoms with Crippen molar-refractivity contribution < 1.29 is 14.1 Å². The van der Waals surface area contributed by atoms with Crippen LogP contribution in [0, 0.1) is 0 Å². The van der Waals surface area contributed by atoms with E-state index in [4.69, 9.17) is 4.52 Å². The normalized spacial score (nSPS) is 13.5. The van der Waals surface area contributed by atoms with Crippen LogP contribution in [0.15, 0.2) is 53.3 Å². The number of para-hydroxylation sites is 1. The van der Waals surface area contributed by atoms with E-state index < -0.39 is 12.1 Å². The highest BCUT2D eigenvalue weighted by molar-refractivity contribution is 6.01. The monoisotopic (exact) mass is 364 g/mol. The smallest absolute Gasteiger partial charge is 0.330 e. The van der Waals surface area contributed by atoms with Crippen LogP contribution in [0.4, 0.5) is 15.3 Å². The van der Waals surface area contributed by atoms with Crippen molar-refractivity contribution in [1.82, 2.24) is 25.3 Å². The maximum absolute atomic E-state index is 12.3. The summed E-state index contributed by atoms with van der Waals surface area (Å²) < 4.78 is 5.32. The highest BCUT2D eigenvalue weighted by atomic mass is 16.5. The summed E-state index contributed by atoms with van der Waals surface area (Å²) in [5, 5.41) is 9.34. The third kappa shape index (κ3) is 3.61. The maximum atomic E-state index is 12.3. The van der Waals surface area contributed by atoms with Crippen LogP contribution in [0.2, 0.25) is 0 Å². The third-order valence-corrected chi connectivity index (χ3v) is 4.09. The Bertz CT molecular complexity index is 972. The van der Waals surface area contributed by atoms with Gasteiger partial charge in [-0.05, 0) is 23.8 Å². The summed E-state index contributed by atoms with van der Waals surface area (Å²) in [6.07, 6.45) is 3.67. The molecule has 0 radical (unpaired) electrons. The van der Waals surface area contributed by atoms with Gasteiger partial charge < -0.3 is 15.2 Å². The van der Waals surface area contributed by atoms with Crippen LogP contribution in [-0.4, -0.2) is 45.2 Å². The highest BCUT2D eigenvalue weighted by Gasteiger charge is 2.26. The second-order valence-corrected chi connectivity index (χ2v) is 5.90. The SMILES string of the molecule is O=C1NCCN1C(=O)Nc1ccccc1Cc1nc(-c2cccnc2)no1. The van der Waals surface area contributed by atoms with E-state index in [1.165, 1.54) is 0 Å². The van der Waals surface area contributed by atoms with Crippen molar-refractivity contribution in [2.45, 2.75) is 6.42 Å². The van der Waals surface area contributed by atoms with E-state index in [9.17, 15) is 9.59 Å². The molecule has 4 rings (SSSR count). The summed E-state index contributed by atoms with van der Waals surface area (Å²) in [6.45, 7) is 0.790. The van der Waals surface area contributed by atoms with Crippen molar-refractivity contribution in [3.05, 3.63) is 60.2 Å². The fraction of sp³-hybridized carbons (Fsp3) is 0.167. The lowest BCUT2D eigenvalue weighted by atomic mass is 10.1. The van der Waals surface area contributed by atoms with Gasteiger partial charge in [0.15, 0.2) is 0 Å². The molecule has 0 saturated carbocycles. The van der Waals surface area contributed by atoms with Crippen molar-refractivity contribution >= 4 is 17.7 Å². The van der Waals surface area contributed by atoms with E-state index in [0.717, 1.165) is 16.0 Å². The van der Waals surface area contributed by atoms with Crippen LogP contribution in [0.3, 0.4) is 0 Å². The van der Waals surface area contributed by atoms with Gasteiger partial charge in [0.2, 0.25) is 11.7 Å². The predicted octanol–water partition coefficient (Wildman–Crippen LogP) is 2.28. The number of rotatable bonds is 4. The molecule has 1 aliphatic rings. The van der Waals surface area contributed by atoms with E-state index >= 15 is 0 Å². The molecule has 2 N–H and O–H groups in total. The Kier molecular flexibility index (Phi) is 4.48. The number of carbonyl (C=O) groups is 2. The molecule has 1 aliphatic heterocycles. The molecule has 9 heteroatoms. The first-order valence-corrected chi connectivity index (χ1v) is 8.38. The zero-order valence-corrected chi connectivity index (χ0v) is 14.3. The number of carbonyl (C=O) groups excluding carboxylic acids is 2. The Labute approximate surface area is 154 Å². The quantitative estimate of drug-likeness (QED) is 0.734. The Hall–Kier alpha value is -3.75. The number of hydrogen-bond donors (Lipinski definition) is 2. The van der Waals surface area contributed by atoms with E-state index in [1.54, 1.807) is 30.6 Å². The van der Waals surface area contributed by atoms with Gasteiger partial charge in [-0.15, -0.1) is 0 Å². The number of aromatic nitrogens is 3. The van der Waals surface area contributed by atoms with Crippen molar-refractivity contribution in [3.63, 3.8) is 0 Å². The zero-order valence-electron chi connectivity index (χ0n) is 14.3. The highest BCUT2D eigenvalue weighted by Crippen LogP contribution is 2.21. The van der Waals surface area contributed by atoms with Gasteiger partial charge in [0, 0.05) is 36.7 Å². The van der Waals surface area contributed by atoms with Gasteiger partial charge in [-0.3, -0.25) is 4.98 Å². The number of amides is 4. The first-order valence-electron chi connectivity index (χ1n) is 8.38. The Morgan fingerprint density at radius 1 is 1.26 bits per heavy atom. The van der Waals surface area contributed by atoms with Crippen molar-refractivity contribution in [3.8, 4) is 11.4 Å². The number of hydrogen-bond acceptors (Lipinski definition) is 6. The number of benzene rings is 1. The second kappa shape index (κ2) is 7.24. The molecule has 27 heavy (non-hydrogen) atoms. The average molecular weight is 364 g/mol. The molecule has 0 atom stereocenters. The third-order valence-electron chi connectivity index (χ3n) is 4.09. The number of urea groups is 2. The first-order chi connectivity index (χ1) is 13.2. The number of anilines is 1. The van der Waals surface area contributed by atoms with Gasteiger partial charge in [0.05, 0.1) is 6.42 Å². The van der Waals surface area contributed by atoms with Gasteiger partial charge in [0.1, 0.15) is 0 Å². The molecular formula is C18H16N6O3. The first kappa shape index (κ1) is 16.7. The Balaban J connectivity index is 1.51. The number of pyridine rings is 1. The number of nitrogens with zero attached hydrogens (tertiary/aromatic N) is 4. The van der Waals surface area contributed by atoms with Crippen molar-refractivity contribution in [1.29, 1.82) is 0 Å². The minimum atomic E-state index is -0.473. The van der Waals surface area contributed by atoms with Crippen molar-refractivity contribution in [2.75, 3.05) is 18.4 Å². The van der Waals surface area contributed by atoms with Gasteiger partial charge in [-0.2, -0.15) is 4.98 Å². The molecule has 9 nitrogen and oxygen atoms in total. The van der Waals surface area contributed by atoms with Gasteiger partial charge >= 0.3 is 12.1 Å². The minimum absolute atomic E-state index is 0.338. The summed E-state index contributed by atoms with van der Waals surface area (Å²) in [4.78, 5) is 33.5. The summed E-state index contributed by atoms with van der Waals surface area (Å²) in [5.74, 6) is 0.864. The van der Waals surface area contributed by atoms with Crippen molar-refractivity contribution in [2.24, 2.45) is 0 Å². The Morgan fingerprint density at radius 3 is 2.93 bits per heavy atom. The maximum Gasteiger partial charge on any atom is 0.330 e. The molecule has 1 fully saturated rings. The molecule has 136 valence electrons. The Morgan fingerprint density at radius 2 is 2.15 bits per heavy atom. The van der Waals surface area contributed by atoms with E-state index in [-0.39, 0.29) is 0 Å². The lowest BCUT2D eigenvalue weighted by molar-refractivity contribution is 0.207. The van der Waals surface area contributed by atoms with Gasteiger partial charge in [-0.1, -0.05) is 23.4 Å². The number of nitrogens with one attached hydrogen (secondary N) is 2. The molecule has 3 heterocycles. The minimum Gasteiger partial charge on any atom is -0.339 e. The number of imide groups is 1. The zero-order chi connectivity index (χ0) is 18.6. The molecule has 0 aliphatic carbocycles. The average Bonchev–Trinajstić information content (AvgIpc) is 3.33. The molecular weight excluding hydrogens is 348 g/mol. The van der Waals surface area contributed by atoms with Crippen LogP contribution in [0.1, 0.15) is 11.5 Å². The summed E-state index contributed by atoms with van der Waals surface area (Å²) in [7, 11) is 0. The lowest BCUT2D eigenvalue weighted by Gasteiger charge is -2.15. The summed E-state index contributed by atoms with van der Waals surface area (Å²) in [5.41, 5.74) is 2.14. The predicted molar refractivity (Wildman–Crippen MR) is 95.9 cm³/mol. The lowest BCUT2D eigenvalue weighted by Crippen LogP contribution is -2.37. The van der Waals surface area contributed by atoms with Crippen LogP contribution in [0.25, 0.3) is 11.4 Å². The molecule has 0 bridgehead atoms. The summed E-state index contributed by atoms with van der Waals surface area (Å²) in [6, 6.07) is 10.0. The van der Waals surface area contributed by atoms with E-state index in [2.05, 4.69) is 25.8 Å². The van der Waals surface area contributed by atoms with Crippen LogP contribution in [-0.2, 0) is 6.42 Å². The van der Waals surface area contributed by atoms with Gasteiger partial charge in [0.25, 0.3) is 0 Å². The van der Waals surface area contributed by atoms with E-state index in [0.29, 0.717) is 36.9 Å². The molecule has 0 unspecified atom stereocenters. The van der Waals surface area contributed by atoms with Crippen LogP contribution >= 0.6 is 0 Å². The largest absolute Gasteiger partial charge is 0.339 e. The fourth-order valence-corrected chi connectivity index (χ4v) is 2.75. The van der Waals surface area contributed by atoms with E-state index in [1.807, 2.05) is 18.2 Å².